The van der Waals surface area contributed by atoms with E-state index in [2.05, 4.69) is 9.97 Å². The van der Waals surface area contributed by atoms with Gasteiger partial charge in [-0.3, -0.25) is 0 Å². The summed E-state index contributed by atoms with van der Waals surface area (Å²) in [4.78, 5) is 7.18. The van der Waals surface area contributed by atoms with Gasteiger partial charge in [-0.1, -0.05) is 0 Å². The lowest BCUT2D eigenvalue weighted by Crippen LogP contribution is -2.37. The summed E-state index contributed by atoms with van der Waals surface area (Å²) >= 11 is 0. The van der Waals surface area contributed by atoms with Crippen LogP contribution in [0.5, 0.6) is 0 Å². The van der Waals surface area contributed by atoms with Crippen molar-refractivity contribution in [1.82, 2.24) is 14.3 Å². The molecule has 1 aliphatic heterocycles. The number of hydrogen-bond donors (Lipinski definition) is 1. The maximum atomic E-state index is 13.8. The molecule has 0 spiro atoms. The molecule has 2 N–H and O–H groups in total. The number of nitrogens with zero attached hydrogens (tertiary/aromatic N) is 3. The number of benzene rings is 1. The number of aromatic nitrogens is 2. The Hall–Kier alpha value is -2.13. The number of halogens is 2. The molecule has 0 saturated carbocycles. The minimum atomic E-state index is -4.15. The molecule has 0 amide bonds. The SMILES string of the molecule is Nc1ncnc2c1CCN(S(=O)(=O)c1cc(F)ccc1F)C2. The molecular formula is C13H12F2N4O2S. The van der Waals surface area contributed by atoms with Crippen molar-refractivity contribution in [1.29, 1.82) is 0 Å². The third-order valence-corrected chi connectivity index (χ3v) is 5.38. The second kappa shape index (κ2) is 5.25. The third-order valence-electron chi connectivity index (χ3n) is 3.52. The minimum Gasteiger partial charge on any atom is -0.383 e. The number of rotatable bonds is 2. The summed E-state index contributed by atoms with van der Waals surface area (Å²) in [5, 5.41) is 0. The van der Waals surface area contributed by atoms with Crippen LogP contribution in [0.2, 0.25) is 0 Å². The summed E-state index contributed by atoms with van der Waals surface area (Å²) < 4.78 is 53.1. The average Bonchev–Trinajstić information content (AvgIpc) is 2.49. The van der Waals surface area contributed by atoms with Crippen LogP contribution >= 0.6 is 0 Å². The molecule has 0 saturated heterocycles. The van der Waals surface area contributed by atoms with Crippen LogP contribution in [0, 0.1) is 11.6 Å². The summed E-state index contributed by atoms with van der Waals surface area (Å²) in [6.07, 6.45) is 1.56. The molecule has 22 heavy (non-hydrogen) atoms. The fraction of sp³-hybridized carbons (Fsp3) is 0.231. The van der Waals surface area contributed by atoms with Gasteiger partial charge < -0.3 is 5.73 Å². The molecule has 1 aliphatic rings. The Morgan fingerprint density at radius 2 is 2.00 bits per heavy atom. The largest absolute Gasteiger partial charge is 0.383 e. The first-order valence-corrected chi connectivity index (χ1v) is 7.87. The van der Waals surface area contributed by atoms with Crippen LogP contribution in [0.1, 0.15) is 11.3 Å². The maximum Gasteiger partial charge on any atom is 0.246 e. The van der Waals surface area contributed by atoms with Crippen LogP contribution in [0.3, 0.4) is 0 Å². The molecule has 0 atom stereocenters. The molecule has 1 aromatic carbocycles. The van der Waals surface area contributed by atoms with Gasteiger partial charge in [0.05, 0.1) is 12.2 Å². The van der Waals surface area contributed by atoms with E-state index in [1.165, 1.54) is 6.33 Å². The van der Waals surface area contributed by atoms with E-state index in [0.717, 1.165) is 16.4 Å². The number of nitrogen functional groups attached to an aromatic ring is 1. The number of nitrogens with two attached hydrogens (primary N) is 1. The minimum absolute atomic E-state index is 0.0552. The Bertz CT molecular complexity index is 842. The van der Waals surface area contributed by atoms with Crippen LogP contribution in [0.15, 0.2) is 29.4 Å². The average molecular weight is 326 g/mol. The highest BCUT2D eigenvalue weighted by molar-refractivity contribution is 7.89. The second-order valence-corrected chi connectivity index (χ2v) is 6.75. The first-order valence-electron chi connectivity index (χ1n) is 6.43. The van der Waals surface area contributed by atoms with Gasteiger partial charge in [0.1, 0.15) is 28.7 Å². The fourth-order valence-corrected chi connectivity index (χ4v) is 3.85. The van der Waals surface area contributed by atoms with Crippen LogP contribution in [-0.4, -0.2) is 29.2 Å². The highest BCUT2D eigenvalue weighted by Gasteiger charge is 2.32. The number of anilines is 1. The molecule has 2 aromatic rings. The summed E-state index contributed by atoms with van der Waals surface area (Å²) in [5.74, 6) is -1.50. The molecule has 0 aliphatic carbocycles. The van der Waals surface area contributed by atoms with Crippen LogP contribution in [0.25, 0.3) is 0 Å². The quantitative estimate of drug-likeness (QED) is 0.892. The van der Waals surface area contributed by atoms with E-state index in [9.17, 15) is 17.2 Å². The van der Waals surface area contributed by atoms with Gasteiger partial charge in [-0.25, -0.2) is 27.2 Å². The summed E-state index contributed by atoms with van der Waals surface area (Å²) in [6.45, 7) is 0.0448. The Labute approximate surface area is 125 Å². The van der Waals surface area contributed by atoms with E-state index in [4.69, 9.17) is 5.73 Å². The number of sulfonamides is 1. The highest BCUT2D eigenvalue weighted by atomic mass is 32.2. The zero-order valence-corrected chi connectivity index (χ0v) is 12.1. The van der Waals surface area contributed by atoms with Crippen molar-refractivity contribution in [2.24, 2.45) is 0 Å². The van der Waals surface area contributed by atoms with Crippen LogP contribution < -0.4 is 5.73 Å². The normalized spacial score (nSPS) is 15.5. The zero-order chi connectivity index (χ0) is 15.9. The van der Waals surface area contributed by atoms with Crippen LogP contribution in [0.4, 0.5) is 14.6 Å². The summed E-state index contributed by atoms with van der Waals surface area (Å²) in [5.41, 5.74) is 6.88. The van der Waals surface area contributed by atoms with Crippen molar-refractivity contribution < 1.29 is 17.2 Å². The van der Waals surface area contributed by atoms with Crippen molar-refractivity contribution in [3.63, 3.8) is 0 Å². The topological polar surface area (TPSA) is 89.2 Å². The van der Waals surface area contributed by atoms with Crippen molar-refractivity contribution in [3.8, 4) is 0 Å². The fourth-order valence-electron chi connectivity index (χ4n) is 2.37. The zero-order valence-electron chi connectivity index (χ0n) is 11.3. The predicted molar refractivity (Wildman–Crippen MR) is 74.1 cm³/mol. The van der Waals surface area contributed by atoms with Crippen molar-refractivity contribution >= 4 is 15.8 Å². The Morgan fingerprint density at radius 1 is 1.23 bits per heavy atom. The molecule has 0 radical (unpaired) electrons. The van der Waals surface area contributed by atoms with Gasteiger partial charge in [0.2, 0.25) is 10.0 Å². The Balaban J connectivity index is 2.00. The van der Waals surface area contributed by atoms with Gasteiger partial charge in [-0.15, -0.1) is 0 Å². The molecule has 0 bridgehead atoms. The first-order chi connectivity index (χ1) is 10.4. The number of fused-ring (bicyclic) bond motifs is 1. The van der Waals surface area contributed by atoms with E-state index < -0.39 is 26.6 Å². The molecular weight excluding hydrogens is 314 g/mol. The van der Waals surface area contributed by atoms with E-state index in [-0.39, 0.29) is 13.1 Å². The molecule has 116 valence electrons. The van der Waals surface area contributed by atoms with E-state index in [1.54, 1.807) is 0 Å². The van der Waals surface area contributed by atoms with Gasteiger partial charge >= 0.3 is 0 Å². The number of hydrogen-bond acceptors (Lipinski definition) is 5. The standard InChI is InChI=1S/C13H12F2N4O2S/c14-8-1-2-10(15)12(5-8)22(20,21)19-4-3-9-11(6-19)17-7-18-13(9)16/h1-2,5,7H,3-4,6H2,(H2,16,17,18). The highest BCUT2D eigenvalue weighted by Crippen LogP contribution is 2.27. The molecule has 6 nitrogen and oxygen atoms in total. The Morgan fingerprint density at radius 3 is 2.77 bits per heavy atom. The maximum absolute atomic E-state index is 13.8. The van der Waals surface area contributed by atoms with Gasteiger partial charge in [0.15, 0.2) is 0 Å². The smallest absolute Gasteiger partial charge is 0.246 e. The molecule has 0 unspecified atom stereocenters. The lowest BCUT2D eigenvalue weighted by Gasteiger charge is -2.27. The van der Waals surface area contributed by atoms with Crippen molar-refractivity contribution in [3.05, 3.63) is 47.4 Å². The van der Waals surface area contributed by atoms with Gasteiger partial charge in [0.25, 0.3) is 0 Å². The van der Waals surface area contributed by atoms with Crippen molar-refractivity contribution in [2.45, 2.75) is 17.9 Å². The predicted octanol–water partition coefficient (Wildman–Crippen LogP) is 1.08. The molecule has 9 heteroatoms. The Kier molecular flexibility index (Phi) is 3.53. The molecule has 0 fully saturated rings. The summed E-state index contributed by atoms with van der Waals surface area (Å²) in [6, 6.07) is 2.34. The van der Waals surface area contributed by atoms with Crippen LogP contribution in [-0.2, 0) is 23.0 Å². The molecule has 2 heterocycles. The monoisotopic (exact) mass is 326 g/mol. The molecule has 1 aromatic heterocycles. The lowest BCUT2D eigenvalue weighted by atomic mass is 10.1. The van der Waals surface area contributed by atoms with E-state index >= 15 is 0 Å². The van der Waals surface area contributed by atoms with E-state index in [1.807, 2.05) is 0 Å². The third kappa shape index (κ3) is 2.42. The summed E-state index contributed by atoms with van der Waals surface area (Å²) in [7, 11) is -4.15. The lowest BCUT2D eigenvalue weighted by molar-refractivity contribution is 0.382. The first kappa shape index (κ1) is 14.8. The van der Waals surface area contributed by atoms with E-state index in [0.29, 0.717) is 29.6 Å². The second-order valence-electron chi connectivity index (χ2n) is 4.85. The van der Waals surface area contributed by atoms with Gasteiger partial charge in [-0.05, 0) is 24.6 Å². The van der Waals surface area contributed by atoms with Gasteiger partial charge in [0, 0.05) is 12.1 Å². The molecule has 3 rings (SSSR count). The van der Waals surface area contributed by atoms with Crippen molar-refractivity contribution in [2.75, 3.05) is 12.3 Å². The van der Waals surface area contributed by atoms with Gasteiger partial charge in [-0.2, -0.15) is 4.31 Å².